The van der Waals surface area contributed by atoms with Crippen LogP contribution in [-0.4, -0.2) is 5.78 Å². The molecule has 21 heavy (non-hydrogen) atoms. The molecule has 0 aromatic heterocycles. The molecule has 1 nitrogen and oxygen atoms in total. The summed E-state index contributed by atoms with van der Waals surface area (Å²) in [6, 6.07) is 0. The van der Waals surface area contributed by atoms with E-state index in [0.717, 1.165) is 31.1 Å². The third-order valence-corrected chi connectivity index (χ3v) is 8.33. The van der Waals surface area contributed by atoms with Crippen molar-refractivity contribution in [2.24, 2.45) is 34.0 Å². The van der Waals surface area contributed by atoms with Gasteiger partial charge in [-0.15, -0.1) is 0 Å². The normalized spacial score (nSPS) is 51.5. The molecular weight excluding hydrogens is 256 g/mol. The summed E-state index contributed by atoms with van der Waals surface area (Å²) in [5, 5.41) is 0. The van der Waals surface area contributed by atoms with E-state index in [9.17, 15) is 4.79 Å². The molecule has 0 N–H and O–H groups in total. The molecule has 0 aliphatic heterocycles. The number of hydrogen-bond acceptors (Lipinski definition) is 1. The van der Waals surface area contributed by atoms with Crippen LogP contribution < -0.4 is 0 Å². The van der Waals surface area contributed by atoms with Crippen molar-refractivity contribution in [3.8, 4) is 0 Å². The highest BCUT2D eigenvalue weighted by Crippen LogP contribution is 2.76. The molecule has 1 heteroatoms. The summed E-state index contributed by atoms with van der Waals surface area (Å²) in [7, 11) is 0. The highest BCUT2D eigenvalue weighted by Gasteiger charge is 2.71. The Morgan fingerprint density at radius 1 is 1.10 bits per heavy atom. The highest BCUT2D eigenvalue weighted by atomic mass is 16.1. The maximum absolute atomic E-state index is 12.6. The van der Waals surface area contributed by atoms with E-state index in [1.807, 2.05) is 0 Å². The van der Waals surface area contributed by atoms with Crippen LogP contribution in [0, 0.1) is 34.0 Å². The highest BCUT2D eigenvalue weighted by molar-refractivity contribution is 5.87. The van der Waals surface area contributed by atoms with E-state index in [0.29, 0.717) is 22.0 Å². The van der Waals surface area contributed by atoms with E-state index >= 15 is 0 Å². The van der Waals surface area contributed by atoms with Gasteiger partial charge >= 0.3 is 0 Å². The fourth-order valence-corrected chi connectivity index (χ4v) is 7.58. The molecule has 0 aromatic rings. The summed E-state index contributed by atoms with van der Waals surface area (Å²) < 4.78 is 0. The van der Waals surface area contributed by atoms with Gasteiger partial charge in [-0.3, -0.25) is 4.79 Å². The summed E-state index contributed by atoms with van der Waals surface area (Å²) in [6.45, 7) is 11.8. The Bertz CT molecular complexity index is 516. The van der Waals surface area contributed by atoms with Crippen LogP contribution in [0.25, 0.3) is 0 Å². The molecule has 0 radical (unpaired) electrons. The third-order valence-electron chi connectivity index (χ3n) is 8.33. The summed E-state index contributed by atoms with van der Waals surface area (Å²) in [4.78, 5) is 12.6. The van der Waals surface area contributed by atoms with Crippen molar-refractivity contribution in [2.75, 3.05) is 0 Å². The first kappa shape index (κ1) is 14.0. The Kier molecular flexibility index (Phi) is 2.69. The summed E-state index contributed by atoms with van der Waals surface area (Å²) in [5.41, 5.74) is 2.38. The molecule has 4 aliphatic rings. The maximum atomic E-state index is 12.6. The van der Waals surface area contributed by atoms with Gasteiger partial charge in [-0.25, -0.2) is 0 Å². The number of allylic oxidation sites excluding steroid dienone is 1. The van der Waals surface area contributed by atoms with Crippen LogP contribution in [0.4, 0.5) is 0 Å². The SMILES string of the molecule is C=C1C[C@@]23[C@H](CCC(=O)[C@@H]12)CC[C@H]1C(C)(C)CCC[C@@]13C. The number of carbonyl (C=O) groups excluding carboxylic acids is 1. The van der Waals surface area contributed by atoms with Crippen molar-refractivity contribution in [3.05, 3.63) is 12.2 Å². The second-order valence-corrected chi connectivity index (χ2v) is 9.40. The van der Waals surface area contributed by atoms with Crippen molar-refractivity contribution in [2.45, 2.75) is 72.1 Å². The number of carbonyl (C=O) groups is 1. The molecular formula is C20H30O. The molecule has 4 rings (SSSR count). The maximum Gasteiger partial charge on any atom is 0.140 e. The Balaban J connectivity index is 1.84. The fourth-order valence-electron chi connectivity index (χ4n) is 7.58. The van der Waals surface area contributed by atoms with Crippen molar-refractivity contribution in [1.82, 2.24) is 0 Å². The van der Waals surface area contributed by atoms with Crippen LogP contribution in [0.5, 0.6) is 0 Å². The van der Waals surface area contributed by atoms with E-state index < -0.39 is 0 Å². The first-order chi connectivity index (χ1) is 9.83. The average Bonchev–Trinajstić information content (AvgIpc) is 2.36. The number of ketones is 1. The summed E-state index contributed by atoms with van der Waals surface area (Å²) in [6.07, 6.45) is 9.94. The molecule has 5 atom stereocenters. The van der Waals surface area contributed by atoms with E-state index in [1.54, 1.807) is 0 Å². The summed E-state index contributed by atoms with van der Waals surface area (Å²) in [5.74, 6) is 2.34. The predicted molar refractivity (Wildman–Crippen MR) is 85.9 cm³/mol. The van der Waals surface area contributed by atoms with Crippen molar-refractivity contribution >= 4 is 5.78 Å². The minimum absolute atomic E-state index is 0.220. The van der Waals surface area contributed by atoms with Gasteiger partial charge in [0, 0.05) is 12.3 Å². The lowest BCUT2D eigenvalue weighted by molar-refractivity contribution is -0.216. The molecule has 0 saturated heterocycles. The quantitative estimate of drug-likeness (QED) is 0.562. The number of hydrogen-bond donors (Lipinski definition) is 0. The lowest BCUT2D eigenvalue weighted by atomic mass is 9.30. The van der Waals surface area contributed by atoms with Crippen molar-refractivity contribution < 1.29 is 4.79 Å². The van der Waals surface area contributed by atoms with Gasteiger partial charge < -0.3 is 0 Å². The van der Waals surface area contributed by atoms with E-state index in [2.05, 4.69) is 27.4 Å². The van der Waals surface area contributed by atoms with Gasteiger partial charge in [0.25, 0.3) is 0 Å². The van der Waals surface area contributed by atoms with Crippen LogP contribution in [0.3, 0.4) is 0 Å². The average molecular weight is 286 g/mol. The molecule has 116 valence electrons. The molecule has 0 amide bonds. The summed E-state index contributed by atoms with van der Waals surface area (Å²) >= 11 is 0. The molecule has 4 aliphatic carbocycles. The minimum Gasteiger partial charge on any atom is -0.299 e. The lowest BCUT2D eigenvalue weighted by Gasteiger charge is -2.73. The van der Waals surface area contributed by atoms with Gasteiger partial charge in [-0.2, -0.15) is 0 Å². The van der Waals surface area contributed by atoms with E-state index in [1.165, 1.54) is 37.7 Å². The monoisotopic (exact) mass is 286 g/mol. The Morgan fingerprint density at radius 2 is 1.86 bits per heavy atom. The molecule has 4 fully saturated rings. The zero-order valence-electron chi connectivity index (χ0n) is 14.0. The van der Waals surface area contributed by atoms with Gasteiger partial charge in [0.15, 0.2) is 0 Å². The molecule has 1 spiro atoms. The fraction of sp³-hybridized carbons (Fsp3) is 0.850. The van der Waals surface area contributed by atoms with Crippen LogP contribution in [0.2, 0.25) is 0 Å². The third kappa shape index (κ3) is 1.46. The smallest absolute Gasteiger partial charge is 0.140 e. The molecule has 0 aromatic carbocycles. The van der Waals surface area contributed by atoms with E-state index in [4.69, 9.17) is 0 Å². The predicted octanol–water partition coefficient (Wildman–Crippen LogP) is 5.15. The van der Waals surface area contributed by atoms with Crippen LogP contribution in [0.15, 0.2) is 12.2 Å². The van der Waals surface area contributed by atoms with Crippen molar-refractivity contribution in [1.29, 1.82) is 0 Å². The largest absolute Gasteiger partial charge is 0.299 e. The Hall–Kier alpha value is -0.590. The van der Waals surface area contributed by atoms with Gasteiger partial charge in [-0.05, 0) is 66.6 Å². The minimum atomic E-state index is 0.220. The van der Waals surface area contributed by atoms with Gasteiger partial charge in [0.2, 0.25) is 0 Å². The van der Waals surface area contributed by atoms with Gasteiger partial charge in [-0.1, -0.05) is 39.3 Å². The number of Topliss-reactive ketones (excluding diaryl/α,β-unsaturated/α-hetero) is 1. The van der Waals surface area contributed by atoms with Crippen LogP contribution >= 0.6 is 0 Å². The van der Waals surface area contributed by atoms with Crippen molar-refractivity contribution in [3.63, 3.8) is 0 Å². The standard InChI is InChI=1S/C20H30O/c1-13-12-20-14(6-8-15(21)17(13)20)7-9-16-18(2,3)10-5-11-19(16,20)4/h14,16-17H,1,5-12H2,2-4H3/t14-,16+,17-,19+,20-/m1/s1. The van der Waals surface area contributed by atoms with Gasteiger partial charge in [0.05, 0.1) is 0 Å². The van der Waals surface area contributed by atoms with Gasteiger partial charge in [0.1, 0.15) is 5.78 Å². The Morgan fingerprint density at radius 3 is 2.57 bits per heavy atom. The first-order valence-corrected chi connectivity index (χ1v) is 9.03. The Labute approximate surface area is 129 Å². The first-order valence-electron chi connectivity index (χ1n) is 9.03. The zero-order valence-corrected chi connectivity index (χ0v) is 14.0. The molecule has 0 unspecified atom stereocenters. The second-order valence-electron chi connectivity index (χ2n) is 9.40. The molecule has 4 saturated carbocycles. The topological polar surface area (TPSA) is 17.1 Å². The van der Waals surface area contributed by atoms with Crippen LogP contribution in [0.1, 0.15) is 72.1 Å². The number of fused-ring (bicyclic) bond motifs is 1. The lowest BCUT2D eigenvalue weighted by Crippen LogP contribution is -2.68. The van der Waals surface area contributed by atoms with E-state index in [-0.39, 0.29) is 5.92 Å². The zero-order chi connectivity index (χ0) is 15.0. The number of rotatable bonds is 0. The molecule has 0 bridgehead atoms. The molecule has 0 heterocycles. The van der Waals surface area contributed by atoms with Crippen LogP contribution in [-0.2, 0) is 4.79 Å². The second kappa shape index (κ2) is 4.03.